The molecule has 3 aromatic carbocycles. The number of carbonyl (C=O) groups excluding carboxylic acids is 2. The third-order valence-electron chi connectivity index (χ3n) is 5.98. The number of amides is 2. The van der Waals surface area contributed by atoms with Crippen LogP contribution in [0.3, 0.4) is 0 Å². The molecule has 0 saturated heterocycles. The van der Waals surface area contributed by atoms with Crippen molar-refractivity contribution in [3.8, 4) is 0 Å². The molecule has 0 aliphatic heterocycles. The molecule has 37 heavy (non-hydrogen) atoms. The van der Waals surface area contributed by atoms with Crippen molar-refractivity contribution >= 4 is 18.0 Å². The minimum Gasteiger partial charge on any atom is -0.480 e. The van der Waals surface area contributed by atoms with E-state index >= 15 is 0 Å². The molecule has 0 heterocycles. The lowest BCUT2D eigenvalue weighted by Crippen LogP contribution is -2.53. The number of benzene rings is 3. The van der Waals surface area contributed by atoms with Crippen molar-refractivity contribution in [3.63, 3.8) is 0 Å². The van der Waals surface area contributed by atoms with Gasteiger partial charge in [-0.3, -0.25) is 4.79 Å². The second-order valence-electron chi connectivity index (χ2n) is 10.00. The van der Waals surface area contributed by atoms with Crippen molar-refractivity contribution in [2.45, 2.75) is 57.7 Å². The van der Waals surface area contributed by atoms with Crippen LogP contribution in [-0.2, 0) is 39.2 Å². The smallest absolute Gasteiger partial charge is 0.408 e. The predicted octanol–water partition coefficient (Wildman–Crippen LogP) is 4.63. The average Bonchev–Trinajstić information content (AvgIpc) is 2.87. The Kier molecular flexibility index (Phi) is 9.44. The standard InChI is InChI=1S/C30H34N2O5/c1-30(2,3)24-16-14-22(15-17-24)19-26(28(34)35)31-27(33)25(18-21-10-6-4-7-11-21)32-29(36)37-20-23-12-8-5-9-13-23/h4-17,25-26H,18-20H2,1-3H3,(H,31,33)(H,32,36)(H,34,35)/t25-,26-/m1/s1. The Morgan fingerprint density at radius 2 is 1.24 bits per heavy atom. The SMILES string of the molecule is CC(C)(C)c1ccc(C[C@@H](NC(=O)[C@@H](Cc2ccccc2)NC(=O)OCc2ccccc2)C(=O)O)cc1. The van der Waals surface area contributed by atoms with E-state index in [0.29, 0.717) is 0 Å². The molecule has 7 nitrogen and oxygen atoms in total. The molecule has 0 aliphatic rings. The molecule has 0 spiro atoms. The van der Waals surface area contributed by atoms with Crippen LogP contribution in [0.25, 0.3) is 0 Å². The van der Waals surface area contributed by atoms with E-state index in [1.54, 1.807) is 0 Å². The first-order chi connectivity index (χ1) is 17.6. The van der Waals surface area contributed by atoms with Crippen LogP contribution in [0.4, 0.5) is 4.79 Å². The van der Waals surface area contributed by atoms with Gasteiger partial charge in [0, 0.05) is 12.8 Å². The van der Waals surface area contributed by atoms with Crippen LogP contribution in [-0.4, -0.2) is 35.2 Å². The fourth-order valence-corrected chi connectivity index (χ4v) is 3.82. The zero-order valence-corrected chi connectivity index (χ0v) is 21.4. The lowest BCUT2D eigenvalue weighted by molar-refractivity contribution is -0.142. The lowest BCUT2D eigenvalue weighted by Gasteiger charge is -2.22. The van der Waals surface area contributed by atoms with Crippen LogP contribution in [0.2, 0.25) is 0 Å². The largest absolute Gasteiger partial charge is 0.480 e. The first-order valence-corrected chi connectivity index (χ1v) is 12.3. The van der Waals surface area contributed by atoms with Gasteiger partial charge in [-0.05, 0) is 27.7 Å². The number of carboxylic acids is 1. The van der Waals surface area contributed by atoms with Gasteiger partial charge in [0.2, 0.25) is 5.91 Å². The van der Waals surface area contributed by atoms with Crippen molar-refractivity contribution in [2.75, 3.05) is 0 Å². The second-order valence-corrected chi connectivity index (χ2v) is 10.00. The minimum absolute atomic E-state index is 0.0234. The number of hydrogen-bond donors (Lipinski definition) is 3. The molecule has 2 amide bonds. The molecule has 194 valence electrons. The molecule has 0 unspecified atom stereocenters. The minimum atomic E-state index is -1.16. The van der Waals surface area contributed by atoms with Crippen molar-refractivity contribution in [1.82, 2.24) is 10.6 Å². The van der Waals surface area contributed by atoms with Crippen LogP contribution in [0.1, 0.15) is 43.0 Å². The Morgan fingerprint density at radius 3 is 1.78 bits per heavy atom. The Labute approximate surface area is 217 Å². The molecule has 0 fully saturated rings. The average molecular weight is 503 g/mol. The van der Waals surface area contributed by atoms with Crippen LogP contribution in [0.15, 0.2) is 84.9 Å². The molecule has 7 heteroatoms. The summed E-state index contributed by atoms with van der Waals surface area (Å²) in [5, 5.41) is 15.0. The number of rotatable bonds is 10. The summed E-state index contributed by atoms with van der Waals surface area (Å²) in [4.78, 5) is 37.7. The van der Waals surface area contributed by atoms with Gasteiger partial charge in [-0.25, -0.2) is 9.59 Å². The molecule has 0 aliphatic carbocycles. The molecule has 2 atom stereocenters. The van der Waals surface area contributed by atoms with Crippen molar-refractivity contribution < 1.29 is 24.2 Å². The van der Waals surface area contributed by atoms with Crippen LogP contribution in [0.5, 0.6) is 0 Å². The van der Waals surface area contributed by atoms with Gasteiger partial charge in [-0.15, -0.1) is 0 Å². The number of ether oxygens (including phenoxy) is 1. The van der Waals surface area contributed by atoms with Crippen LogP contribution in [0, 0.1) is 0 Å². The molecule has 3 aromatic rings. The van der Waals surface area contributed by atoms with E-state index in [2.05, 4.69) is 31.4 Å². The summed E-state index contributed by atoms with van der Waals surface area (Å²) in [6, 6.07) is 23.9. The van der Waals surface area contributed by atoms with Crippen LogP contribution < -0.4 is 10.6 Å². The number of carbonyl (C=O) groups is 3. The van der Waals surface area contributed by atoms with Crippen molar-refractivity contribution in [2.24, 2.45) is 0 Å². The number of hydrogen-bond acceptors (Lipinski definition) is 4. The fraction of sp³-hybridized carbons (Fsp3) is 0.300. The highest BCUT2D eigenvalue weighted by Crippen LogP contribution is 2.22. The van der Waals surface area contributed by atoms with Gasteiger partial charge < -0.3 is 20.5 Å². The highest BCUT2D eigenvalue weighted by atomic mass is 16.5. The highest BCUT2D eigenvalue weighted by Gasteiger charge is 2.27. The molecule has 0 radical (unpaired) electrons. The van der Waals surface area contributed by atoms with E-state index < -0.39 is 30.1 Å². The third-order valence-corrected chi connectivity index (χ3v) is 5.98. The zero-order chi connectivity index (χ0) is 26.8. The van der Waals surface area contributed by atoms with Gasteiger partial charge in [0.05, 0.1) is 0 Å². The predicted molar refractivity (Wildman–Crippen MR) is 142 cm³/mol. The number of aliphatic carboxylic acids is 1. The fourth-order valence-electron chi connectivity index (χ4n) is 3.82. The second kappa shape index (κ2) is 12.7. The number of nitrogens with one attached hydrogen (secondary N) is 2. The molecule has 3 rings (SSSR count). The Bertz CT molecular complexity index is 1170. The van der Waals surface area contributed by atoms with E-state index in [1.165, 1.54) is 0 Å². The maximum Gasteiger partial charge on any atom is 0.408 e. The van der Waals surface area contributed by atoms with E-state index in [0.717, 1.165) is 22.3 Å². The summed E-state index contributed by atoms with van der Waals surface area (Å²) >= 11 is 0. The molecule has 3 N–H and O–H groups in total. The maximum atomic E-state index is 13.2. The van der Waals surface area contributed by atoms with Crippen LogP contribution >= 0.6 is 0 Å². The Morgan fingerprint density at radius 1 is 0.730 bits per heavy atom. The molecule has 0 aromatic heterocycles. The van der Waals surface area contributed by atoms with Crippen molar-refractivity contribution in [1.29, 1.82) is 0 Å². The van der Waals surface area contributed by atoms with Gasteiger partial charge in [-0.2, -0.15) is 0 Å². The van der Waals surface area contributed by atoms with Gasteiger partial charge in [-0.1, -0.05) is 106 Å². The summed E-state index contributed by atoms with van der Waals surface area (Å²) in [7, 11) is 0. The van der Waals surface area contributed by atoms with E-state index in [9.17, 15) is 19.5 Å². The normalized spacial score (nSPS) is 12.7. The highest BCUT2D eigenvalue weighted by molar-refractivity contribution is 5.89. The molecule has 0 saturated carbocycles. The van der Waals surface area contributed by atoms with E-state index in [1.807, 2.05) is 84.9 Å². The third kappa shape index (κ3) is 8.79. The summed E-state index contributed by atoms with van der Waals surface area (Å²) in [6.07, 6.45) is -0.466. The van der Waals surface area contributed by atoms with Gasteiger partial charge in [0.15, 0.2) is 0 Å². The lowest BCUT2D eigenvalue weighted by atomic mass is 9.86. The first kappa shape index (κ1) is 27.5. The van der Waals surface area contributed by atoms with Gasteiger partial charge in [0.1, 0.15) is 18.7 Å². The van der Waals surface area contributed by atoms with E-state index in [4.69, 9.17) is 4.74 Å². The monoisotopic (exact) mass is 502 g/mol. The quantitative estimate of drug-likeness (QED) is 0.375. The molecular formula is C30H34N2O5. The molecule has 0 bridgehead atoms. The summed E-state index contributed by atoms with van der Waals surface area (Å²) in [6.45, 7) is 6.36. The van der Waals surface area contributed by atoms with Gasteiger partial charge >= 0.3 is 12.1 Å². The van der Waals surface area contributed by atoms with E-state index in [-0.39, 0.29) is 24.9 Å². The Balaban J connectivity index is 1.69. The summed E-state index contributed by atoms with van der Waals surface area (Å²) < 4.78 is 5.29. The first-order valence-electron chi connectivity index (χ1n) is 12.3. The number of alkyl carbamates (subject to hydrolysis) is 1. The summed E-state index contributed by atoms with van der Waals surface area (Å²) in [5.41, 5.74) is 3.52. The molecular weight excluding hydrogens is 468 g/mol. The van der Waals surface area contributed by atoms with Gasteiger partial charge in [0.25, 0.3) is 0 Å². The Hall–Kier alpha value is -4.13. The van der Waals surface area contributed by atoms with Crippen molar-refractivity contribution in [3.05, 3.63) is 107 Å². The number of carboxylic acid groups (broad SMARTS) is 1. The summed E-state index contributed by atoms with van der Waals surface area (Å²) in [5.74, 6) is -1.75. The zero-order valence-electron chi connectivity index (χ0n) is 21.4. The maximum absolute atomic E-state index is 13.2. The topological polar surface area (TPSA) is 105 Å².